The van der Waals surface area contributed by atoms with E-state index in [0.717, 1.165) is 17.5 Å². The molecule has 6 heteroatoms. The number of rotatable bonds is 9. The second kappa shape index (κ2) is 10.7. The third-order valence-corrected chi connectivity index (χ3v) is 5.32. The average Bonchev–Trinajstić information content (AvgIpc) is 2.82. The van der Waals surface area contributed by atoms with Gasteiger partial charge in [0, 0.05) is 31.1 Å². The van der Waals surface area contributed by atoms with E-state index in [1.165, 1.54) is 11.0 Å². The number of hydrogen-bond donors (Lipinski definition) is 1. The van der Waals surface area contributed by atoms with Gasteiger partial charge < -0.3 is 10.6 Å². The fraction of sp³-hybridized carbons (Fsp3) is 0.269. The summed E-state index contributed by atoms with van der Waals surface area (Å²) in [5, 5.41) is 0. The van der Waals surface area contributed by atoms with Crippen LogP contribution in [0.5, 0.6) is 0 Å². The topological polar surface area (TPSA) is 76.3 Å². The van der Waals surface area contributed by atoms with Gasteiger partial charge in [-0.1, -0.05) is 50.2 Å². The number of aromatic nitrogens is 1. The summed E-state index contributed by atoms with van der Waals surface area (Å²) >= 11 is 0. The molecule has 0 spiro atoms. The molecule has 0 unspecified atom stereocenters. The minimum absolute atomic E-state index is 0.0307. The molecule has 0 aliphatic carbocycles. The van der Waals surface area contributed by atoms with E-state index in [-0.39, 0.29) is 11.7 Å². The van der Waals surface area contributed by atoms with Crippen LogP contribution in [0.3, 0.4) is 0 Å². The lowest BCUT2D eigenvalue weighted by Gasteiger charge is -2.22. The van der Waals surface area contributed by atoms with E-state index >= 15 is 0 Å². The maximum absolute atomic E-state index is 14.8. The van der Waals surface area contributed by atoms with Crippen molar-refractivity contribution in [2.24, 2.45) is 0 Å². The van der Waals surface area contributed by atoms with Crippen molar-refractivity contribution in [2.45, 2.75) is 39.5 Å². The lowest BCUT2D eigenvalue weighted by molar-refractivity contribution is -0.118. The molecule has 0 bridgehead atoms. The highest BCUT2D eigenvalue weighted by atomic mass is 19.1. The summed E-state index contributed by atoms with van der Waals surface area (Å²) < 4.78 is 14.8. The Bertz CT molecular complexity index is 1080. The van der Waals surface area contributed by atoms with Crippen LogP contribution in [-0.2, 0) is 11.2 Å². The highest BCUT2D eigenvalue weighted by Gasteiger charge is 2.17. The Balaban J connectivity index is 1.71. The van der Waals surface area contributed by atoms with Gasteiger partial charge in [-0.2, -0.15) is 0 Å². The van der Waals surface area contributed by atoms with Crippen LogP contribution in [0.25, 0.3) is 11.1 Å². The lowest BCUT2D eigenvalue weighted by Crippen LogP contribution is -2.31. The molecular weight excluding hydrogens is 405 g/mol. The third-order valence-electron chi connectivity index (χ3n) is 5.32. The highest BCUT2D eigenvalue weighted by Crippen LogP contribution is 2.28. The van der Waals surface area contributed by atoms with Gasteiger partial charge in [0.25, 0.3) is 0 Å². The first-order valence-electron chi connectivity index (χ1n) is 10.9. The van der Waals surface area contributed by atoms with Crippen molar-refractivity contribution in [2.75, 3.05) is 17.2 Å². The van der Waals surface area contributed by atoms with Crippen molar-refractivity contribution >= 4 is 23.2 Å². The second-order valence-electron chi connectivity index (χ2n) is 7.66. The number of benzene rings is 2. The van der Waals surface area contributed by atoms with Gasteiger partial charge in [-0.05, 0) is 47.7 Å². The molecule has 0 aliphatic rings. The summed E-state index contributed by atoms with van der Waals surface area (Å²) in [5.74, 6) is -0.0514. The molecule has 2 aromatic carbocycles. The number of aryl methyl sites for hydroxylation is 1. The zero-order valence-corrected chi connectivity index (χ0v) is 18.5. The van der Waals surface area contributed by atoms with Crippen LogP contribution in [0.1, 0.15) is 49.0 Å². The van der Waals surface area contributed by atoms with Gasteiger partial charge in [-0.25, -0.2) is 9.37 Å². The molecule has 3 aromatic rings. The van der Waals surface area contributed by atoms with E-state index in [4.69, 9.17) is 5.73 Å². The minimum atomic E-state index is -0.435. The Morgan fingerprint density at radius 1 is 1.00 bits per heavy atom. The number of hydrogen-bond acceptors (Lipinski definition) is 4. The molecule has 0 saturated heterocycles. The lowest BCUT2D eigenvalue weighted by atomic mass is 9.99. The number of pyridine rings is 1. The molecule has 3 rings (SSSR count). The number of amides is 1. The Labute approximate surface area is 188 Å². The normalized spacial score (nSPS) is 10.7. The van der Waals surface area contributed by atoms with Crippen LogP contribution in [0.2, 0.25) is 0 Å². The third kappa shape index (κ3) is 5.58. The Morgan fingerprint density at radius 2 is 1.72 bits per heavy atom. The van der Waals surface area contributed by atoms with Crippen LogP contribution < -0.4 is 10.6 Å². The first-order valence-corrected chi connectivity index (χ1v) is 10.9. The van der Waals surface area contributed by atoms with Crippen LogP contribution in [-0.4, -0.2) is 23.2 Å². The molecule has 2 N–H and O–H groups in total. The van der Waals surface area contributed by atoms with Crippen LogP contribution in [0, 0.1) is 5.82 Å². The quantitative estimate of drug-likeness (QED) is 0.456. The molecule has 166 valence electrons. The SMILES string of the molecule is CCCN(C(=O)CC)c1ccc(-c2ccc(C(=O)CCc3ccc(N)nc3)cc2)cc1F. The number of carbonyl (C=O) groups excluding carboxylic acids is 2. The van der Waals surface area contributed by atoms with Crippen molar-refractivity contribution in [1.82, 2.24) is 4.98 Å². The smallest absolute Gasteiger partial charge is 0.226 e. The molecule has 0 fully saturated rings. The number of Topliss-reactive ketones (excluding diaryl/α,β-unsaturated/α-hetero) is 1. The number of nitrogens with zero attached hydrogens (tertiary/aromatic N) is 2. The van der Waals surface area contributed by atoms with Crippen molar-refractivity contribution < 1.29 is 14.0 Å². The second-order valence-corrected chi connectivity index (χ2v) is 7.66. The Hall–Kier alpha value is -3.54. The Kier molecular flexibility index (Phi) is 7.71. The molecule has 1 heterocycles. The fourth-order valence-electron chi connectivity index (χ4n) is 3.53. The first-order chi connectivity index (χ1) is 15.4. The molecular formula is C26H28FN3O2. The van der Waals surface area contributed by atoms with Gasteiger partial charge in [-0.3, -0.25) is 9.59 Å². The summed E-state index contributed by atoms with van der Waals surface area (Å²) in [5.41, 5.74) is 8.94. The fourth-order valence-corrected chi connectivity index (χ4v) is 3.53. The van der Waals surface area contributed by atoms with Crippen LogP contribution >= 0.6 is 0 Å². The summed E-state index contributed by atoms with van der Waals surface area (Å²) in [7, 11) is 0. The van der Waals surface area contributed by atoms with E-state index in [0.29, 0.717) is 48.4 Å². The number of ketones is 1. The number of halogens is 1. The average molecular weight is 434 g/mol. The van der Waals surface area contributed by atoms with Crippen molar-refractivity contribution in [3.63, 3.8) is 0 Å². The number of carbonyl (C=O) groups is 2. The molecule has 1 aromatic heterocycles. The maximum atomic E-state index is 14.8. The van der Waals surface area contributed by atoms with Crippen LogP contribution in [0.4, 0.5) is 15.9 Å². The number of nitrogens with two attached hydrogens (primary N) is 1. The first kappa shape index (κ1) is 23.1. The summed E-state index contributed by atoms with van der Waals surface area (Å²) in [6.45, 7) is 4.20. The number of nitrogen functional groups attached to an aromatic ring is 1. The van der Waals surface area contributed by atoms with Gasteiger partial charge >= 0.3 is 0 Å². The summed E-state index contributed by atoms with van der Waals surface area (Å²) in [4.78, 5) is 30.2. The highest BCUT2D eigenvalue weighted by molar-refractivity contribution is 5.96. The summed E-state index contributed by atoms with van der Waals surface area (Å²) in [6.07, 6.45) is 3.71. The largest absolute Gasteiger partial charge is 0.384 e. The standard InChI is InChI=1S/C26H28FN3O2/c1-3-15-30(26(32)4-2)23-12-11-21(16-22(23)27)19-7-9-20(10-8-19)24(31)13-5-18-6-14-25(28)29-17-18/h6-12,14,16-17H,3-5,13,15H2,1-2H3,(H2,28,29). The monoisotopic (exact) mass is 433 g/mol. The van der Waals surface area contributed by atoms with E-state index in [2.05, 4.69) is 4.98 Å². The van der Waals surface area contributed by atoms with Gasteiger partial charge in [0.05, 0.1) is 5.69 Å². The molecule has 5 nitrogen and oxygen atoms in total. The molecule has 0 radical (unpaired) electrons. The molecule has 0 aliphatic heterocycles. The number of anilines is 2. The maximum Gasteiger partial charge on any atom is 0.226 e. The van der Waals surface area contributed by atoms with E-state index < -0.39 is 5.82 Å². The van der Waals surface area contributed by atoms with E-state index in [9.17, 15) is 14.0 Å². The van der Waals surface area contributed by atoms with Crippen molar-refractivity contribution in [1.29, 1.82) is 0 Å². The molecule has 0 saturated carbocycles. The molecule has 0 atom stereocenters. The van der Waals surface area contributed by atoms with Crippen molar-refractivity contribution in [3.05, 3.63) is 77.7 Å². The predicted octanol–water partition coefficient (Wildman–Crippen LogP) is 5.44. The van der Waals surface area contributed by atoms with Gasteiger partial charge in [-0.15, -0.1) is 0 Å². The summed E-state index contributed by atoms with van der Waals surface area (Å²) in [6, 6.07) is 15.6. The van der Waals surface area contributed by atoms with Crippen molar-refractivity contribution in [3.8, 4) is 11.1 Å². The van der Waals surface area contributed by atoms with E-state index in [1.807, 2.05) is 25.1 Å². The van der Waals surface area contributed by atoms with Gasteiger partial charge in [0.2, 0.25) is 5.91 Å². The van der Waals surface area contributed by atoms with Gasteiger partial charge in [0.15, 0.2) is 5.78 Å². The van der Waals surface area contributed by atoms with Crippen LogP contribution in [0.15, 0.2) is 60.8 Å². The minimum Gasteiger partial charge on any atom is -0.384 e. The van der Waals surface area contributed by atoms with E-state index in [1.54, 1.807) is 43.5 Å². The van der Waals surface area contributed by atoms with Gasteiger partial charge in [0.1, 0.15) is 11.6 Å². The predicted molar refractivity (Wildman–Crippen MR) is 126 cm³/mol. The molecule has 32 heavy (non-hydrogen) atoms. The Morgan fingerprint density at radius 3 is 2.31 bits per heavy atom. The molecule has 1 amide bonds. The zero-order valence-electron chi connectivity index (χ0n) is 18.5. The zero-order chi connectivity index (χ0) is 23.1.